The van der Waals surface area contributed by atoms with Gasteiger partial charge in [0.25, 0.3) is 0 Å². The standard InChI is InChI=1S/C23H22O8/c1-16(21(26)27)23(22(28)29,12-19(24)30-14-17-8-4-2-5-9-17)13-20(25)31-15-18-10-6-3-7-11-18/h2-11H,1,12-15H2,(H,26,27)(H,28,29)/p-2. The summed E-state index contributed by atoms with van der Waals surface area (Å²) in [6, 6.07) is 17.1. The van der Waals surface area contributed by atoms with Crippen molar-refractivity contribution in [2.75, 3.05) is 0 Å². The van der Waals surface area contributed by atoms with Crippen molar-refractivity contribution in [1.82, 2.24) is 0 Å². The van der Waals surface area contributed by atoms with Gasteiger partial charge >= 0.3 is 11.9 Å². The molecule has 8 nitrogen and oxygen atoms in total. The normalized spacial score (nSPS) is 10.7. The highest BCUT2D eigenvalue weighted by Crippen LogP contribution is 2.35. The maximum Gasteiger partial charge on any atom is 0.307 e. The molecule has 0 aliphatic heterocycles. The van der Waals surface area contributed by atoms with Crippen LogP contribution in [0.2, 0.25) is 0 Å². The van der Waals surface area contributed by atoms with Crippen molar-refractivity contribution in [3.8, 4) is 0 Å². The van der Waals surface area contributed by atoms with E-state index in [-0.39, 0.29) is 13.2 Å². The summed E-state index contributed by atoms with van der Waals surface area (Å²) in [6.07, 6.45) is -1.98. The number of carbonyl (C=O) groups is 4. The molecule has 0 saturated carbocycles. The molecule has 0 unspecified atom stereocenters. The Hall–Kier alpha value is -3.94. The second kappa shape index (κ2) is 10.7. The van der Waals surface area contributed by atoms with E-state index in [4.69, 9.17) is 9.47 Å². The van der Waals surface area contributed by atoms with Crippen LogP contribution in [0.1, 0.15) is 24.0 Å². The molecule has 0 aliphatic rings. The van der Waals surface area contributed by atoms with E-state index in [1.165, 1.54) is 0 Å². The number of hydrogen-bond donors (Lipinski definition) is 0. The van der Waals surface area contributed by atoms with E-state index in [0.717, 1.165) is 0 Å². The van der Waals surface area contributed by atoms with Gasteiger partial charge in [0, 0.05) is 0 Å². The summed E-state index contributed by atoms with van der Waals surface area (Å²) >= 11 is 0. The van der Waals surface area contributed by atoms with Gasteiger partial charge < -0.3 is 29.3 Å². The van der Waals surface area contributed by atoms with Gasteiger partial charge in [0.1, 0.15) is 13.2 Å². The fourth-order valence-corrected chi connectivity index (χ4v) is 2.81. The largest absolute Gasteiger partial charge is 0.549 e. The molecule has 0 atom stereocenters. The number of benzene rings is 2. The van der Waals surface area contributed by atoms with Crippen molar-refractivity contribution in [3.63, 3.8) is 0 Å². The van der Waals surface area contributed by atoms with Crippen LogP contribution in [-0.4, -0.2) is 23.9 Å². The summed E-state index contributed by atoms with van der Waals surface area (Å²) in [6.45, 7) is 2.86. The third-order valence-corrected chi connectivity index (χ3v) is 4.59. The minimum Gasteiger partial charge on any atom is -0.549 e. The molecule has 0 radical (unpaired) electrons. The van der Waals surface area contributed by atoms with Crippen LogP contribution in [-0.2, 0) is 41.9 Å². The topological polar surface area (TPSA) is 133 Å². The van der Waals surface area contributed by atoms with Crippen LogP contribution in [0.4, 0.5) is 0 Å². The van der Waals surface area contributed by atoms with Crippen LogP contribution in [0, 0.1) is 5.41 Å². The molecule has 0 spiro atoms. The van der Waals surface area contributed by atoms with E-state index in [2.05, 4.69) is 6.58 Å². The van der Waals surface area contributed by atoms with Gasteiger partial charge in [0.05, 0.1) is 30.2 Å². The Bertz CT molecular complexity index is 893. The first-order valence-electron chi connectivity index (χ1n) is 9.26. The third kappa shape index (κ3) is 6.53. The Labute approximate surface area is 178 Å². The predicted octanol–water partition coefficient (Wildman–Crippen LogP) is 0.296. The lowest BCUT2D eigenvalue weighted by Crippen LogP contribution is -2.50. The summed E-state index contributed by atoms with van der Waals surface area (Å²) in [4.78, 5) is 47.9. The van der Waals surface area contributed by atoms with E-state index in [0.29, 0.717) is 11.1 Å². The van der Waals surface area contributed by atoms with Crippen molar-refractivity contribution in [1.29, 1.82) is 0 Å². The van der Waals surface area contributed by atoms with Gasteiger partial charge in [-0.15, -0.1) is 0 Å². The quantitative estimate of drug-likeness (QED) is 0.371. The maximum atomic E-state index is 12.3. The molecule has 0 bridgehead atoms. The van der Waals surface area contributed by atoms with E-state index >= 15 is 0 Å². The average molecular weight is 424 g/mol. The lowest BCUT2D eigenvalue weighted by Gasteiger charge is -2.35. The Morgan fingerprint density at radius 1 is 0.742 bits per heavy atom. The zero-order valence-corrected chi connectivity index (χ0v) is 16.6. The summed E-state index contributed by atoms with van der Waals surface area (Å²) in [5, 5.41) is 23.3. The van der Waals surface area contributed by atoms with Crippen LogP contribution < -0.4 is 10.2 Å². The van der Waals surface area contributed by atoms with E-state index in [1.54, 1.807) is 60.7 Å². The molecule has 0 N–H and O–H groups in total. The summed E-state index contributed by atoms with van der Waals surface area (Å²) in [5.41, 5.74) is -2.30. The number of carbonyl (C=O) groups excluding carboxylic acids is 4. The number of hydrogen-bond acceptors (Lipinski definition) is 8. The number of carboxylic acid groups (broad SMARTS) is 2. The molecule has 162 valence electrons. The first kappa shape index (κ1) is 23.3. The summed E-state index contributed by atoms with van der Waals surface area (Å²) in [5.74, 6) is -6.01. The Morgan fingerprint density at radius 3 is 1.45 bits per heavy atom. The lowest BCUT2D eigenvalue weighted by molar-refractivity contribution is -0.322. The molecule has 8 heteroatoms. The zero-order chi connectivity index (χ0) is 22.9. The van der Waals surface area contributed by atoms with Gasteiger partial charge in [-0.1, -0.05) is 67.2 Å². The summed E-state index contributed by atoms with van der Waals surface area (Å²) in [7, 11) is 0. The molecule has 0 saturated heterocycles. The van der Waals surface area contributed by atoms with E-state index in [1.807, 2.05) is 0 Å². The molecule has 2 rings (SSSR count). The van der Waals surface area contributed by atoms with Gasteiger partial charge in [-0.2, -0.15) is 0 Å². The molecule has 2 aromatic carbocycles. The van der Waals surface area contributed by atoms with Crippen molar-refractivity contribution in [2.45, 2.75) is 26.1 Å². The van der Waals surface area contributed by atoms with Gasteiger partial charge in [0.15, 0.2) is 0 Å². The molecule has 2 aromatic rings. The second-order valence-corrected chi connectivity index (χ2v) is 6.78. The molecule has 0 aromatic heterocycles. The second-order valence-electron chi connectivity index (χ2n) is 6.78. The smallest absolute Gasteiger partial charge is 0.307 e. The van der Waals surface area contributed by atoms with Crippen LogP contribution >= 0.6 is 0 Å². The molecule has 0 heterocycles. The minimum absolute atomic E-state index is 0.168. The van der Waals surface area contributed by atoms with Crippen molar-refractivity contribution in [3.05, 3.63) is 83.9 Å². The van der Waals surface area contributed by atoms with Gasteiger partial charge in [-0.05, 0) is 16.7 Å². The molecule has 0 amide bonds. The first-order chi connectivity index (χ1) is 14.7. The summed E-state index contributed by atoms with van der Waals surface area (Å²) < 4.78 is 10.1. The maximum absolute atomic E-state index is 12.3. The van der Waals surface area contributed by atoms with Crippen molar-refractivity contribution in [2.24, 2.45) is 5.41 Å². The number of ether oxygens (including phenoxy) is 2. The highest BCUT2D eigenvalue weighted by atomic mass is 16.5. The highest BCUT2D eigenvalue weighted by Gasteiger charge is 2.41. The number of carboxylic acids is 2. The Balaban J connectivity index is 2.14. The van der Waals surface area contributed by atoms with E-state index in [9.17, 15) is 29.4 Å². The monoisotopic (exact) mass is 424 g/mol. The number of rotatable bonds is 11. The molecular formula is C23H20O8-2. The van der Waals surface area contributed by atoms with Crippen molar-refractivity contribution < 1.29 is 38.9 Å². The fourth-order valence-electron chi connectivity index (χ4n) is 2.81. The van der Waals surface area contributed by atoms with E-state index < -0.39 is 47.7 Å². The van der Waals surface area contributed by atoms with Gasteiger partial charge in [-0.25, -0.2) is 0 Å². The predicted molar refractivity (Wildman–Crippen MR) is 103 cm³/mol. The average Bonchev–Trinajstić information content (AvgIpc) is 2.76. The van der Waals surface area contributed by atoms with Gasteiger partial charge in [0.2, 0.25) is 0 Å². The zero-order valence-electron chi connectivity index (χ0n) is 16.6. The SMILES string of the molecule is C=C(C(=O)[O-])C(CC(=O)OCc1ccccc1)(CC(=O)OCc1ccccc1)C(=O)[O-]. The molecule has 0 aliphatic carbocycles. The molecule has 0 fully saturated rings. The Morgan fingerprint density at radius 2 is 1.13 bits per heavy atom. The van der Waals surface area contributed by atoms with Crippen molar-refractivity contribution >= 4 is 23.9 Å². The third-order valence-electron chi connectivity index (χ3n) is 4.59. The molecule has 31 heavy (non-hydrogen) atoms. The van der Waals surface area contributed by atoms with Crippen LogP contribution in [0.25, 0.3) is 0 Å². The molecular weight excluding hydrogens is 404 g/mol. The lowest BCUT2D eigenvalue weighted by atomic mass is 9.75. The van der Waals surface area contributed by atoms with Gasteiger partial charge in [-0.3, -0.25) is 9.59 Å². The first-order valence-corrected chi connectivity index (χ1v) is 9.26. The highest BCUT2D eigenvalue weighted by molar-refractivity contribution is 5.99. The minimum atomic E-state index is -2.58. The Kier molecular flexibility index (Phi) is 8.08. The van der Waals surface area contributed by atoms with Crippen LogP contribution in [0.5, 0.6) is 0 Å². The fraction of sp³-hybridized carbons (Fsp3) is 0.217. The number of aliphatic carboxylic acids is 2. The number of esters is 2. The van der Waals surface area contributed by atoms with Crippen LogP contribution in [0.3, 0.4) is 0 Å². The van der Waals surface area contributed by atoms with Crippen LogP contribution in [0.15, 0.2) is 72.8 Å².